The summed E-state index contributed by atoms with van der Waals surface area (Å²) >= 11 is 1.93. The third kappa shape index (κ3) is 2.34. The Kier molecular flexibility index (Phi) is 4.44. The number of aromatic hydroxyl groups is 1. The summed E-state index contributed by atoms with van der Waals surface area (Å²) in [6.07, 6.45) is -0.854. The predicted octanol–water partition coefficient (Wildman–Crippen LogP) is 1.85. The molecule has 2 atom stereocenters. The fourth-order valence-electron chi connectivity index (χ4n) is 3.36. The molecule has 1 aromatic rings. The Balaban J connectivity index is 2.38. The Bertz CT molecular complexity index is 814. The van der Waals surface area contributed by atoms with Gasteiger partial charge in [0.2, 0.25) is 5.78 Å². The molecule has 0 spiro atoms. The zero-order valence-corrected chi connectivity index (χ0v) is 16.0. The number of aryl methyl sites for hydroxylation is 1. The first-order chi connectivity index (χ1) is 11.8. The Hall–Kier alpha value is -1.81. The second kappa shape index (κ2) is 6.17. The molecule has 134 valence electrons. The normalized spacial score (nSPS) is 25.0. The van der Waals surface area contributed by atoms with Crippen molar-refractivity contribution in [1.82, 2.24) is 0 Å². The van der Waals surface area contributed by atoms with Crippen LogP contribution in [0.4, 0.5) is 0 Å². The van der Waals surface area contributed by atoms with Crippen molar-refractivity contribution in [2.45, 2.75) is 31.5 Å². The number of ketones is 1. The molecule has 1 aliphatic heterocycles. The van der Waals surface area contributed by atoms with E-state index in [2.05, 4.69) is 0 Å². The van der Waals surface area contributed by atoms with Crippen molar-refractivity contribution in [2.75, 3.05) is 14.2 Å². The highest BCUT2D eigenvalue weighted by molar-refractivity contribution is 14.1. The van der Waals surface area contributed by atoms with Crippen LogP contribution in [-0.4, -0.2) is 47.9 Å². The first-order valence-electron chi connectivity index (χ1n) is 7.59. The third-order valence-electron chi connectivity index (χ3n) is 4.61. The lowest BCUT2D eigenvalue weighted by molar-refractivity contribution is -0.167. The minimum absolute atomic E-state index is 0.0333. The molecule has 8 heteroatoms. The number of Topliss-reactive ketones (excluding diaryl/α,β-unsaturated/α-hetero) is 1. The van der Waals surface area contributed by atoms with Crippen LogP contribution in [-0.2, 0) is 14.3 Å². The van der Waals surface area contributed by atoms with Gasteiger partial charge in [0.25, 0.3) is 5.60 Å². The summed E-state index contributed by atoms with van der Waals surface area (Å²) in [5, 5.41) is 21.0. The molecule has 0 bridgehead atoms. The molecular formula is C17H17IO7. The Morgan fingerprint density at radius 3 is 2.72 bits per heavy atom. The van der Waals surface area contributed by atoms with Crippen molar-refractivity contribution < 1.29 is 34.0 Å². The van der Waals surface area contributed by atoms with Gasteiger partial charge in [-0.3, -0.25) is 4.79 Å². The molecule has 0 aromatic heterocycles. The van der Waals surface area contributed by atoms with E-state index in [1.165, 1.54) is 7.11 Å². The van der Waals surface area contributed by atoms with Gasteiger partial charge in [-0.1, -0.05) is 0 Å². The van der Waals surface area contributed by atoms with Crippen LogP contribution in [0.15, 0.2) is 17.4 Å². The number of rotatable bonds is 2. The average Bonchev–Trinajstić information content (AvgIpc) is 2.59. The van der Waals surface area contributed by atoms with E-state index in [0.717, 1.165) is 7.11 Å². The number of benzene rings is 1. The molecule has 0 fully saturated rings. The van der Waals surface area contributed by atoms with Crippen molar-refractivity contribution in [3.63, 3.8) is 0 Å². The lowest BCUT2D eigenvalue weighted by Crippen LogP contribution is -2.61. The van der Waals surface area contributed by atoms with Crippen molar-refractivity contribution in [3.05, 3.63) is 32.1 Å². The number of fused-ring (bicyclic) bond motifs is 2. The van der Waals surface area contributed by atoms with Gasteiger partial charge in [-0.05, 0) is 47.6 Å². The van der Waals surface area contributed by atoms with Gasteiger partial charge in [0, 0.05) is 6.42 Å². The number of allylic oxidation sites excluding steroid dienone is 1. The SMILES string of the molecule is COC(=O)C12Oc3cc(C)c(I)c(O)c3C(=O)C1=C(OC)CCC2O. The number of halogens is 1. The van der Waals surface area contributed by atoms with Crippen LogP contribution < -0.4 is 4.74 Å². The zero-order chi connectivity index (χ0) is 18.5. The monoisotopic (exact) mass is 460 g/mol. The predicted molar refractivity (Wildman–Crippen MR) is 94.5 cm³/mol. The molecule has 1 aromatic carbocycles. The number of aliphatic hydroxyl groups excluding tert-OH is 1. The number of phenols is 1. The topological polar surface area (TPSA) is 102 Å². The highest BCUT2D eigenvalue weighted by atomic mass is 127. The van der Waals surface area contributed by atoms with Gasteiger partial charge in [-0.25, -0.2) is 4.79 Å². The van der Waals surface area contributed by atoms with E-state index in [1.807, 2.05) is 22.6 Å². The number of carbonyl (C=O) groups excluding carboxylic acids is 2. The Morgan fingerprint density at radius 2 is 2.12 bits per heavy atom. The number of esters is 1. The van der Waals surface area contributed by atoms with E-state index in [9.17, 15) is 19.8 Å². The molecule has 1 heterocycles. The fourth-order valence-corrected chi connectivity index (χ4v) is 3.79. The van der Waals surface area contributed by atoms with Gasteiger partial charge in [0.15, 0.2) is 0 Å². The van der Waals surface area contributed by atoms with Gasteiger partial charge < -0.3 is 24.4 Å². The second-order valence-corrected chi connectivity index (χ2v) is 7.02. The summed E-state index contributed by atoms with van der Waals surface area (Å²) < 4.78 is 16.5. The Morgan fingerprint density at radius 1 is 1.44 bits per heavy atom. The summed E-state index contributed by atoms with van der Waals surface area (Å²) in [6, 6.07) is 1.56. The molecule has 0 amide bonds. The van der Waals surface area contributed by atoms with Crippen molar-refractivity contribution in [1.29, 1.82) is 0 Å². The highest BCUT2D eigenvalue weighted by Crippen LogP contribution is 2.49. The quantitative estimate of drug-likeness (QED) is 0.513. The lowest BCUT2D eigenvalue weighted by Gasteiger charge is -2.43. The summed E-state index contributed by atoms with van der Waals surface area (Å²) in [5.74, 6) is -1.45. The summed E-state index contributed by atoms with van der Waals surface area (Å²) in [5.41, 5.74) is -1.50. The number of hydrogen-bond donors (Lipinski definition) is 2. The van der Waals surface area contributed by atoms with Crippen LogP contribution in [0.1, 0.15) is 28.8 Å². The largest absolute Gasteiger partial charge is 0.506 e. The van der Waals surface area contributed by atoms with Gasteiger partial charge >= 0.3 is 5.97 Å². The number of hydrogen-bond acceptors (Lipinski definition) is 7. The molecule has 2 aliphatic rings. The molecule has 0 saturated heterocycles. The van der Waals surface area contributed by atoms with Crippen LogP contribution in [0.3, 0.4) is 0 Å². The molecule has 7 nitrogen and oxygen atoms in total. The molecular weight excluding hydrogens is 443 g/mol. The van der Waals surface area contributed by atoms with E-state index in [-0.39, 0.29) is 41.2 Å². The smallest absolute Gasteiger partial charge is 0.358 e. The number of ether oxygens (including phenoxy) is 3. The maximum Gasteiger partial charge on any atom is 0.358 e. The minimum Gasteiger partial charge on any atom is -0.506 e. The Labute approximate surface area is 157 Å². The van der Waals surface area contributed by atoms with E-state index >= 15 is 0 Å². The molecule has 0 saturated carbocycles. The number of aliphatic hydroxyl groups is 1. The maximum atomic E-state index is 13.2. The van der Waals surface area contributed by atoms with Crippen LogP contribution in [0.5, 0.6) is 11.5 Å². The van der Waals surface area contributed by atoms with Crippen molar-refractivity contribution in [3.8, 4) is 11.5 Å². The van der Waals surface area contributed by atoms with E-state index in [1.54, 1.807) is 13.0 Å². The van der Waals surface area contributed by atoms with Crippen molar-refractivity contribution in [2.24, 2.45) is 0 Å². The van der Waals surface area contributed by atoms with Crippen molar-refractivity contribution >= 4 is 34.3 Å². The van der Waals surface area contributed by atoms with E-state index < -0.39 is 23.5 Å². The average molecular weight is 460 g/mol. The maximum absolute atomic E-state index is 13.2. The van der Waals surface area contributed by atoms with Crippen LogP contribution >= 0.6 is 22.6 Å². The van der Waals surface area contributed by atoms with Gasteiger partial charge in [0.05, 0.1) is 23.4 Å². The van der Waals surface area contributed by atoms with Crippen LogP contribution in [0, 0.1) is 10.5 Å². The lowest BCUT2D eigenvalue weighted by atomic mass is 9.74. The van der Waals surface area contributed by atoms with Gasteiger partial charge in [-0.2, -0.15) is 0 Å². The first kappa shape index (κ1) is 18.0. The summed E-state index contributed by atoms with van der Waals surface area (Å²) in [4.78, 5) is 25.7. The van der Waals surface area contributed by atoms with Crippen LogP contribution in [0.2, 0.25) is 0 Å². The molecule has 0 radical (unpaired) electrons. The number of methoxy groups -OCH3 is 2. The van der Waals surface area contributed by atoms with Gasteiger partial charge in [0.1, 0.15) is 28.9 Å². The summed E-state index contributed by atoms with van der Waals surface area (Å²) in [7, 11) is 2.53. The number of carbonyl (C=O) groups is 2. The fraction of sp³-hybridized carbons (Fsp3) is 0.412. The molecule has 25 heavy (non-hydrogen) atoms. The zero-order valence-electron chi connectivity index (χ0n) is 13.9. The third-order valence-corrected chi connectivity index (χ3v) is 5.97. The summed E-state index contributed by atoms with van der Waals surface area (Å²) in [6.45, 7) is 1.74. The van der Waals surface area contributed by atoms with Crippen LogP contribution in [0.25, 0.3) is 0 Å². The standard InChI is InChI=1S/C17H17IO7/c1-7-6-9-11(15(21)13(7)18)14(20)12-8(23-2)4-5-10(19)17(12,25-9)16(22)24-3/h6,10,19,21H,4-5H2,1-3H3. The molecule has 1 aliphatic carbocycles. The highest BCUT2D eigenvalue weighted by Gasteiger charge is 2.61. The first-order valence-corrected chi connectivity index (χ1v) is 8.67. The molecule has 2 unspecified atom stereocenters. The second-order valence-electron chi connectivity index (χ2n) is 5.94. The van der Waals surface area contributed by atoms with E-state index in [0.29, 0.717) is 9.13 Å². The van der Waals surface area contributed by atoms with E-state index in [4.69, 9.17) is 14.2 Å². The molecule has 2 N–H and O–H groups in total. The minimum atomic E-state index is -2.01. The number of phenolic OH excluding ortho intramolecular Hbond substituents is 1. The molecule has 3 rings (SSSR count). The van der Waals surface area contributed by atoms with Gasteiger partial charge in [-0.15, -0.1) is 0 Å².